The van der Waals surface area contributed by atoms with E-state index < -0.39 is 6.04 Å². The Labute approximate surface area is 211 Å². The van der Waals surface area contributed by atoms with Gasteiger partial charge in [-0.3, -0.25) is 14.8 Å². The summed E-state index contributed by atoms with van der Waals surface area (Å²) in [7, 11) is 0. The van der Waals surface area contributed by atoms with Gasteiger partial charge in [0.1, 0.15) is 6.04 Å². The largest absolute Gasteiger partial charge is 0.338 e. The van der Waals surface area contributed by atoms with Gasteiger partial charge >= 0.3 is 0 Å². The lowest BCUT2D eigenvalue weighted by Gasteiger charge is -2.38. The van der Waals surface area contributed by atoms with E-state index in [-0.39, 0.29) is 17.9 Å². The van der Waals surface area contributed by atoms with Gasteiger partial charge in [-0.15, -0.1) is 0 Å². The molecule has 0 saturated carbocycles. The summed E-state index contributed by atoms with van der Waals surface area (Å²) < 4.78 is 3.91. The summed E-state index contributed by atoms with van der Waals surface area (Å²) in [5.74, 6) is -0.149. The van der Waals surface area contributed by atoms with Crippen LogP contribution < -0.4 is 5.62 Å². The molecule has 6 heteroatoms. The predicted molar refractivity (Wildman–Crippen MR) is 140 cm³/mol. The summed E-state index contributed by atoms with van der Waals surface area (Å²) >= 11 is 0. The minimum Gasteiger partial charge on any atom is -0.338 e. The maximum Gasteiger partial charge on any atom is 0.246 e. The first kappa shape index (κ1) is 23.6. The van der Waals surface area contributed by atoms with Gasteiger partial charge in [-0.25, -0.2) is 0 Å². The second-order valence-electron chi connectivity index (χ2n) is 9.91. The van der Waals surface area contributed by atoms with E-state index in [4.69, 9.17) is 0 Å². The Hall–Kier alpha value is -4.11. The molecule has 1 aliphatic rings. The van der Waals surface area contributed by atoms with Gasteiger partial charge in [-0.2, -0.15) is 5.26 Å². The van der Waals surface area contributed by atoms with E-state index in [2.05, 4.69) is 68.4 Å². The maximum atomic E-state index is 13.8. The van der Waals surface area contributed by atoms with Crippen molar-refractivity contribution in [1.82, 2.24) is 14.0 Å². The molecule has 5 rings (SSSR count). The van der Waals surface area contributed by atoms with E-state index in [1.54, 1.807) is 4.90 Å². The molecule has 1 aliphatic heterocycles. The van der Waals surface area contributed by atoms with Crippen LogP contribution in [-0.2, 0) is 11.2 Å². The van der Waals surface area contributed by atoms with Gasteiger partial charge in [-0.05, 0) is 44.0 Å². The summed E-state index contributed by atoms with van der Waals surface area (Å²) in [5.41, 5.74) is 6.61. The zero-order chi connectivity index (χ0) is 25.4. The fraction of sp³-hybridized carbons (Fsp3) is 0.300. The van der Waals surface area contributed by atoms with Crippen molar-refractivity contribution in [3.05, 3.63) is 101 Å². The molecule has 0 aliphatic carbocycles. The second-order valence-corrected chi connectivity index (χ2v) is 9.91. The van der Waals surface area contributed by atoms with Crippen LogP contribution in [0.2, 0.25) is 0 Å². The third kappa shape index (κ3) is 4.22. The van der Waals surface area contributed by atoms with Crippen molar-refractivity contribution in [2.45, 2.75) is 39.3 Å². The summed E-state index contributed by atoms with van der Waals surface area (Å²) in [6.07, 6.45) is 0.482. The van der Waals surface area contributed by atoms with Gasteiger partial charge in [0.15, 0.2) is 0 Å². The number of nitrogens with zero attached hydrogens (tertiary/aromatic N) is 4. The number of likely N-dealkylation sites (tertiary alicyclic amines) is 1. The van der Waals surface area contributed by atoms with Crippen LogP contribution in [0, 0.1) is 36.5 Å². The third-order valence-corrected chi connectivity index (χ3v) is 7.33. The quantitative estimate of drug-likeness (QED) is 0.428. The van der Waals surface area contributed by atoms with Crippen LogP contribution in [0.4, 0.5) is 0 Å². The molecule has 182 valence electrons. The average Bonchev–Trinajstić information content (AvgIpc) is 3.14. The zero-order valence-electron chi connectivity index (χ0n) is 21.0. The Morgan fingerprint density at radius 2 is 1.50 bits per heavy atom. The summed E-state index contributed by atoms with van der Waals surface area (Å²) in [6, 6.07) is 26.2. The topological polar surface area (TPSA) is 77.8 Å². The highest BCUT2D eigenvalue weighted by Gasteiger charge is 2.36. The van der Waals surface area contributed by atoms with Gasteiger partial charge in [0.2, 0.25) is 11.5 Å². The van der Waals surface area contributed by atoms with Crippen molar-refractivity contribution >= 4 is 16.9 Å². The number of hydrogen-bond acceptors (Lipinski definition) is 3. The highest BCUT2D eigenvalue weighted by molar-refractivity contribution is 5.85. The number of aryl methyl sites for hydroxylation is 2. The molecule has 6 nitrogen and oxygen atoms in total. The van der Waals surface area contributed by atoms with Crippen molar-refractivity contribution in [2.24, 2.45) is 5.92 Å². The van der Waals surface area contributed by atoms with Crippen molar-refractivity contribution < 1.29 is 4.79 Å². The fourth-order valence-electron chi connectivity index (χ4n) is 5.10. The number of fused-ring (bicyclic) bond motifs is 1. The molecule has 1 saturated heterocycles. The predicted octanol–water partition coefficient (Wildman–Crippen LogP) is 4.91. The first-order valence-corrected chi connectivity index (χ1v) is 12.4. The number of amides is 1. The molecular weight excluding hydrogens is 446 g/mol. The van der Waals surface area contributed by atoms with Crippen molar-refractivity contribution in [2.75, 3.05) is 13.1 Å². The van der Waals surface area contributed by atoms with Crippen LogP contribution in [0.1, 0.15) is 41.3 Å². The summed E-state index contributed by atoms with van der Waals surface area (Å²) in [4.78, 5) is 15.6. The van der Waals surface area contributed by atoms with Gasteiger partial charge in [0, 0.05) is 19.5 Å². The molecule has 0 bridgehead atoms. The van der Waals surface area contributed by atoms with Crippen molar-refractivity contribution in [3.63, 3.8) is 0 Å². The van der Waals surface area contributed by atoms with E-state index in [0.717, 1.165) is 22.2 Å². The highest BCUT2D eigenvalue weighted by Crippen LogP contribution is 2.28. The number of carbonyl (C=O) groups excluding carboxylic acids is 1. The molecule has 2 unspecified atom stereocenters. The second kappa shape index (κ2) is 9.50. The number of carbonyl (C=O) groups is 1. The fourth-order valence-corrected chi connectivity index (χ4v) is 5.10. The molecular formula is C30H31N5O. The van der Waals surface area contributed by atoms with Crippen molar-refractivity contribution in [3.8, 4) is 6.07 Å². The molecule has 1 fully saturated rings. The Balaban J connectivity index is 1.64. The zero-order valence-corrected chi connectivity index (χ0v) is 21.0. The lowest BCUT2D eigenvalue weighted by atomic mass is 9.97. The summed E-state index contributed by atoms with van der Waals surface area (Å²) in [6.45, 7) is 7.11. The molecule has 1 aromatic heterocycles. The number of hydrogen-bond donors (Lipinski definition) is 1. The normalized spacial score (nSPS) is 15.3. The van der Waals surface area contributed by atoms with Gasteiger partial charge in [0.25, 0.3) is 0 Å². The van der Waals surface area contributed by atoms with E-state index >= 15 is 0 Å². The molecule has 1 amide bonds. The van der Waals surface area contributed by atoms with Gasteiger partial charge < -0.3 is 9.47 Å². The minimum absolute atomic E-state index is 0.0357. The highest BCUT2D eigenvalue weighted by atomic mass is 16.2. The molecule has 0 radical (unpaired) electrons. The molecule has 1 N–H and O–H groups in total. The smallest absolute Gasteiger partial charge is 0.246 e. The Morgan fingerprint density at radius 3 is 2.08 bits per heavy atom. The van der Waals surface area contributed by atoms with E-state index in [9.17, 15) is 15.5 Å². The lowest BCUT2D eigenvalue weighted by molar-refractivity contribution is -0.140. The minimum atomic E-state index is -0.573. The lowest BCUT2D eigenvalue weighted by Crippen LogP contribution is -2.53. The SMILES string of the molecule is Cc1ccc(CC(C(=O)N2CC(C#N)C2)n2c(=N)n(C(C)c3ccc(C)cc3)c3ccccc32)cc1. The summed E-state index contributed by atoms with van der Waals surface area (Å²) in [5, 5.41) is 18.6. The molecule has 4 aromatic rings. The number of benzene rings is 3. The van der Waals surface area contributed by atoms with Crippen LogP contribution in [-0.4, -0.2) is 33.0 Å². The molecule has 36 heavy (non-hydrogen) atoms. The first-order valence-electron chi connectivity index (χ1n) is 12.4. The Morgan fingerprint density at radius 1 is 0.944 bits per heavy atom. The van der Waals surface area contributed by atoms with E-state index in [1.807, 2.05) is 40.3 Å². The van der Waals surface area contributed by atoms with Gasteiger partial charge in [0.05, 0.1) is 29.1 Å². The molecule has 0 spiro atoms. The molecule has 2 heterocycles. The van der Waals surface area contributed by atoms with Crippen LogP contribution >= 0.6 is 0 Å². The number of nitriles is 1. The van der Waals surface area contributed by atoms with E-state index in [1.165, 1.54) is 11.1 Å². The van der Waals surface area contributed by atoms with Crippen molar-refractivity contribution in [1.29, 1.82) is 10.7 Å². The van der Waals surface area contributed by atoms with Crippen LogP contribution in [0.15, 0.2) is 72.8 Å². The third-order valence-electron chi connectivity index (χ3n) is 7.33. The van der Waals surface area contributed by atoms with Crippen LogP contribution in [0.25, 0.3) is 11.0 Å². The number of rotatable bonds is 6. The van der Waals surface area contributed by atoms with Gasteiger partial charge in [-0.1, -0.05) is 71.8 Å². The van der Waals surface area contributed by atoms with Crippen LogP contribution in [0.5, 0.6) is 0 Å². The Kier molecular flexibility index (Phi) is 6.24. The monoisotopic (exact) mass is 477 g/mol. The average molecular weight is 478 g/mol. The Bertz CT molecular complexity index is 1500. The molecule has 2 atom stereocenters. The number of aromatic nitrogens is 2. The number of para-hydroxylation sites is 2. The first-order chi connectivity index (χ1) is 17.4. The number of imidazole rings is 1. The number of nitrogens with one attached hydrogen (secondary N) is 1. The standard InChI is InChI=1S/C30H31N5O/c1-20-8-12-23(13-9-20)16-28(29(36)33-18-24(17-31)19-33)35-27-7-5-4-6-26(27)34(30(35)32)22(3)25-14-10-21(2)11-15-25/h4-15,22,24,28,32H,16,18-19H2,1-3H3. The maximum absolute atomic E-state index is 13.8. The van der Waals surface area contributed by atoms with E-state index in [0.29, 0.717) is 25.1 Å². The molecule has 3 aromatic carbocycles. The van der Waals surface area contributed by atoms with Crippen LogP contribution in [0.3, 0.4) is 0 Å².